The van der Waals surface area contributed by atoms with Crippen LogP contribution in [0.25, 0.3) is 0 Å². The second-order valence-electron chi connectivity index (χ2n) is 9.22. The molecule has 1 heterocycles. The zero-order valence-electron chi connectivity index (χ0n) is 22.8. The maximum Gasteiger partial charge on any atom is 0.255 e. The van der Waals surface area contributed by atoms with Crippen LogP contribution in [0.3, 0.4) is 0 Å². The molecule has 0 saturated carbocycles. The molecule has 0 atom stereocenters. The number of hydrogen-bond acceptors (Lipinski definition) is 7. The van der Waals surface area contributed by atoms with Crippen molar-refractivity contribution in [2.45, 2.75) is 36.5 Å². The van der Waals surface area contributed by atoms with Crippen LogP contribution >= 0.6 is 0 Å². The minimum Gasteiger partial charge on any atom is -0.495 e. The first-order chi connectivity index (χ1) is 19.1. The molecule has 0 bridgehead atoms. The van der Waals surface area contributed by atoms with Crippen molar-refractivity contribution in [3.05, 3.63) is 72.3 Å². The Morgan fingerprint density at radius 2 is 1.55 bits per heavy atom. The van der Waals surface area contributed by atoms with E-state index in [9.17, 15) is 21.6 Å². The number of hydrogen-bond donors (Lipinski definition) is 2. The maximum atomic E-state index is 13.4. The van der Waals surface area contributed by atoms with Crippen molar-refractivity contribution >= 4 is 43.0 Å². The van der Waals surface area contributed by atoms with Crippen molar-refractivity contribution < 1.29 is 26.4 Å². The Morgan fingerprint density at radius 3 is 2.23 bits per heavy atom. The van der Waals surface area contributed by atoms with Crippen LogP contribution in [-0.4, -0.2) is 64.6 Å². The average Bonchev–Trinajstić information content (AvgIpc) is 3.51. The van der Waals surface area contributed by atoms with Gasteiger partial charge in [-0.05, 0) is 61.4 Å². The predicted octanol–water partition coefficient (Wildman–Crippen LogP) is 4.51. The lowest BCUT2D eigenvalue weighted by atomic mass is 10.2. The Labute approximate surface area is 236 Å². The van der Waals surface area contributed by atoms with Crippen LogP contribution in [0.5, 0.6) is 5.75 Å². The van der Waals surface area contributed by atoms with Crippen LogP contribution in [0.15, 0.2) is 76.5 Å². The van der Waals surface area contributed by atoms with Gasteiger partial charge in [-0.2, -0.15) is 8.61 Å². The number of benzene rings is 3. The number of amides is 1. The summed E-state index contributed by atoms with van der Waals surface area (Å²) in [5, 5.41) is 5.99. The minimum atomic E-state index is -3.82. The predicted molar refractivity (Wildman–Crippen MR) is 155 cm³/mol. The van der Waals surface area contributed by atoms with Gasteiger partial charge in [0.1, 0.15) is 5.75 Å². The van der Waals surface area contributed by atoms with Crippen molar-refractivity contribution in [2.75, 3.05) is 43.9 Å². The van der Waals surface area contributed by atoms with E-state index in [1.165, 1.54) is 52.1 Å². The Kier molecular flexibility index (Phi) is 9.14. The summed E-state index contributed by atoms with van der Waals surface area (Å²) in [7, 11) is -6.01. The van der Waals surface area contributed by atoms with Crippen molar-refractivity contribution in [3.8, 4) is 5.75 Å². The lowest BCUT2D eigenvalue weighted by molar-refractivity contribution is 0.102. The smallest absolute Gasteiger partial charge is 0.255 e. The van der Waals surface area contributed by atoms with Gasteiger partial charge in [0.25, 0.3) is 5.91 Å². The lowest BCUT2D eigenvalue weighted by Crippen LogP contribution is -2.30. The monoisotopic (exact) mass is 586 g/mol. The van der Waals surface area contributed by atoms with Crippen LogP contribution < -0.4 is 15.4 Å². The fourth-order valence-corrected chi connectivity index (χ4v) is 7.62. The fourth-order valence-electron chi connectivity index (χ4n) is 4.57. The van der Waals surface area contributed by atoms with Crippen LogP contribution in [0.1, 0.15) is 37.0 Å². The zero-order chi connectivity index (χ0) is 28.9. The van der Waals surface area contributed by atoms with Crippen LogP contribution in [0.4, 0.5) is 17.1 Å². The highest BCUT2D eigenvalue weighted by molar-refractivity contribution is 7.89. The van der Waals surface area contributed by atoms with Crippen LogP contribution in [0.2, 0.25) is 0 Å². The van der Waals surface area contributed by atoms with E-state index in [2.05, 4.69) is 10.6 Å². The number of methoxy groups -OCH3 is 1. The number of rotatable bonds is 11. The molecule has 1 saturated heterocycles. The first-order valence-electron chi connectivity index (χ1n) is 13.1. The van der Waals surface area contributed by atoms with Crippen LogP contribution in [0, 0.1) is 0 Å². The Bertz CT molecular complexity index is 1580. The molecule has 0 radical (unpaired) electrons. The van der Waals surface area contributed by atoms with Gasteiger partial charge in [0.15, 0.2) is 0 Å². The summed E-state index contributed by atoms with van der Waals surface area (Å²) in [6.07, 6.45) is 1.60. The number of sulfonamides is 2. The molecule has 1 aliphatic rings. The van der Waals surface area contributed by atoms with Gasteiger partial charge >= 0.3 is 0 Å². The molecule has 4 rings (SSSR count). The first kappa shape index (κ1) is 29.5. The molecule has 40 heavy (non-hydrogen) atoms. The molecular formula is C28H34N4O6S2. The van der Waals surface area contributed by atoms with E-state index in [0.29, 0.717) is 43.3 Å². The van der Waals surface area contributed by atoms with Crippen molar-refractivity contribution in [1.29, 1.82) is 0 Å². The van der Waals surface area contributed by atoms with Gasteiger partial charge in [0.05, 0.1) is 34.0 Å². The van der Waals surface area contributed by atoms with Crippen molar-refractivity contribution in [3.63, 3.8) is 0 Å². The van der Waals surface area contributed by atoms with Gasteiger partial charge in [0.2, 0.25) is 20.0 Å². The summed E-state index contributed by atoms with van der Waals surface area (Å²) in [6, 6.07) is 17.5. The van der Waals surface area contributed by atoms with Gasteiger partial charge in [-0.15, -0.1) is 0 Å². The fraction of sp³-hybridized carbons (Fsp3) is 0.321. The largest absolute Gasteiger partial charge is 0.495 e. The van der Waals surface area contributed by atoms with Crippen molar-refractivity contribution in [2.24, 2.45) is 0 Å². The molecule has 214 valence electrons. The van der Waals surface area contributed by atoms with Crippen molar-refractivity contribution in [1.82, 2.24) is 8.61 Å². The molecule has 12 heteroatoms. The summed E-state index contributed by atoms with van der Waals surface area (Å²) < 4.78 is 60.8. The minimum absolute atomic E-state index is 0.0161. The molecule has 1 amide bonds. The van der Waals surface area contributed by atoms with Crippen LogP contribution in [-0.2, 0) is 20.0 Å². The van der Waals surface area contributed by atoms with E-state index in [1.54, 1.807) is 32.0 Å². The molecule has 10 nitrogen and oxygen atoms in total. The third-order valence-corrected chi connectivity index (χ3v) is 10.7. The lowest BCUT2D eigenvalue weighted by Gasteiger charge is -2.21. The topological polar surface area (TPSA) is 125 Å². The molecule has 3 aromatic rings. The number of nitrogens with zero attached hydrogens (tertiary/aromatic N) is 2. The van der Waals surface area contributed by atoms with Gasteiger partial charge < -0.3 is 15.4 Å². The molecule has 0 unspecified atom stereocenters. The number of anilines is 3. The number of para-hydroxylation sites is 2. The van der Waals surface area contributed by atoms with E-state index in [4.69, 9.17) is 4.74 Å². The molecular weight excluding hydrogens is 552 g/mol. The SMILES string of the molecule is CCN(CC)S(=O)(=O)c1ccc(Nc2ccccc2OC)c(NC(=O)c2cccc(S(=O)(=O)N3CCCC3)c2)c1. The number of carbonyl (C=O) groups is 1. The second kappa shape index (κ2) is 12.4. The molecule has 0 aromatic heterocycles. The Hall–Kier alpha value is -3.45. The first-order valence-corrected chi connectivity index (χ1v) is 16.0. The van der Waals surface area contributed by atoms with Gasteiger partial charge in [0, 0.05) is 31.7 Å². The van der Waals surface area contributed by atoms with E-state index in [1.807, 2.05) is 12.1 Å². The standard InChI is InChI=1S/C28H34N4O6S2/c1-4-31(5-2)39(34,35)23-15-16-24(29-25-13-6-7-14-27(25)38-3)26(20-23)30-28(33)21-11-10-12-22(19-21)40(36,37)32-17-8-9-18-32/h6-7,10-16,19-20,29H,4-5,8-9,17-18H2,1-3H3,(H,30,33). The molecule has 0 aliphatic carbocycles. The van der Waals surface area contributed by atoms with Gasteiger partial charge in [-0.25, -0.2) is 16.8 Å². The van der Waals surface area contributed by atoms with Gasteiger partial charge in [-0.1, -0.05) is 32.0 Å². The summed E-state index contributed by atoms with van der Waals surface area (Å²) >= 11 is 0. The molecule has 0 spiro atoms. The van der Waals surface area contributed by atoms with E-state index in [0.717, 1.165) is 12.8 Å². The molecule has 1 aliphatic heterocycles. The highest BCUT2D eigenvalue weighted by Crippen LogP contribution is 2.34. The summed E-state index contributed by atoms with van der Waals surface area (Å²) in [6.45, 7) is 4.99. The second-order valence-corrected chi connectivity index (χ2v) is 13.1. The number of nitrogens with one attached hydrogen (secondary N) is 2. The normalized spacial score (nSPS) is 14.3. The third kappa shape index (κ3) is 6.15. The highest BCUT2D eigenvalue weighted by atomic mass is 32.2. The molecule has 2 N–H and O–H groups in total. The van der Waals surface area contributed by atoms with Gasteiger partial charge in [-0.3, -0.25) is 4.79 Å². The highest BCUT2D eigenvalue weighted by Gasteiger charge is 2.28. The summed E-state index contributed by atoms with van der Waals surface area (Å²) in [4.78, 5) is 13.5. The van der Waals surface area contributed by atoms with E-state index >= 15 is 0 Å². The molecule has 3 aromatic carbocycles. The zero-order valence-corrected chi connectivity index (χ0v) is 24.4. The summed E-state index contributed by atoms with van der Waals surface area (Å²) in [5.74, 6) is -0.0293. The number of carbonyl (C=O) groups excluding carboxylic acids is 1. The summed E-state index contributed by atoms with van der Waals surface area (Å²) in [5.41, 5.74) is 1.37. The molecule has 1 fully saturated rings. The number of ether oxygens (including phenoxy) is 1. The third-order valence-electron chi connectivity index (χ3n) is 6.76. The Morgan fingerprint density at radius 1 is 0.850 bits per heavy atom. The van der Waals surface area contributed by atoms with E-state index in [-0.39, 0.29) is 21.0 Å². The maximum absolute atomic E-state index is 13.4. The Balaban J connectivity index is 1.72. The average molecular weight is 587 g/mol. The van der Waals surface area contributed by atoms with E-state index < -0.39 is 26.0 Å². The quantitative estimate of drug-likeness (QED) is 0.339.